The van der Waals surface area contributed by atoms with Crippen LogP contribution in [0.25, 0.3) is 0 Å². The predicted octanol–water partition coefficient (Wildman–Crippen LogP) is 1.97. The summed E-state index contributed by atoms with van der Waals surface area (Å²) in [6.07, 6.45) is 0. The molecule has 1 aliphatic rings. The molecule has 0 aliphatic carbocycles. The van der Waals surface area contributed by atoms with Gasteiger partial charge in [-0.3, -0.25) is 4.90 Å². The summed E-state index contributed by atoms with van der Waals surface area (Å²) in [5, 5.41) is 3.52. The molecular weight excluding hydrogens is 228 g/mol. The summed E-state index contributed by atoms with van der Waals surface area (Å²) in [7, 11) is 0. The monoisotopic (exact) mass is 246 g/mol. The van der Waals surface area contributed by atoms with Crippen LogP contribution in [0.1, 0.15) is 20.8 Å². The molecule has 0 bridgehead atoms. The zero-order valence-corrected chi connectivity index (χ0v) is 10.3. The third-order valence-electron chi connectivity index (χ3n) is 2.47. The van der Waals surface area contributed by atoms with Crippen molar-refractivity contribution in [3.8, 4) is 0 Å². The maximum absolute atomic E-state index is 3.89. The highest BCUT2D eigenvalue weighted by Crippen LogP contribution is 2.17. The fourth-order valence-electron chi connectivity index (χ4n) is 1.70. The largest absolute Gasteiger partial charge is 0.309 e. The quantitative estimate of drug-likeness (QED) is 0.802. The average Bonchev–Trinajstić information content (AvgIpc) is 1.95. The predicted molar refractivity (Wildman–Crippen MR) is 61.2 cm³/mol. The topological polar surface area (TPSA) is 15.3 Å². The Morgan fingerprint density at radius 2 is 2.31 bits per heavy atom. The van der Waals surface area contributed by atoms with Gasteiger partial charge in [0, 0.05) is 35.7 Å². The van der Waals surface area contributed by atoms with E-state index in [0.29, 0.717) is 6.04 Å². The van der Waals surface area contributed by atoms with Crippen LogP contribution in [0.5, 0.6) is 0 Å². The van der Waals surface area contributed by atoms with Crippen LogP contribution in [-0.4, -0.2) is 36.1 Å². The molecule has 0 aromatic carbocycles. The molecule has 0 aromatic rings. The summed E-state index contributed by atoms with van der Waals surface area (Å²) in [4.78, 5) is 2.45. The first-order valence-corrected chi connectivity index (χ1v) is 5.52. The number of nitrogens with zero attached hydrogens (tertiary/aromatic N) is 1. The molecule has 76 valence electrons. The van der Waals surface area contributed by atoms with Crippen molar-refractivity contribution in [2.75, 3.05) is 19.6 Å². The van der Waals surface area contributed by atoms with E-state index < -0.39 is 0 Å². The van der Waals surface area contributed by atoms with Crippen LogP contribution < -0.4 is 5.32 Å². The van der Waals surface area contributed by atoms with E-state index in [1.807, 2.05) is 0 Å². The normalized spacial score (nSPS) is 28.8. The Morgan fingerprint density at radius 1 is 1.69 bits per heavy atom. The fraction of sp³-hybridized carbons (Fsp3) is 0.800. The summed E-state index contributed by atoms with van der Waals surface area (Å²) < 4.78 is 1.07. The molecular formula is C10H19BrN2. The number of hydrogen-bond donors (Lipinski definition) is 1. The van der Waals surface area contributed by atoms with E-state index in [0.717, 1.165) is 24.1 Å². The standard InChI is InChI=1S/C10H19BrN2/c1-8(11)6-13-7-10(3,4)12-5-9(13)2/h9,12H,1,5-7H2,2-4H3. The van der Waals surface area contributed by atoms with Gasteiger partial charge in [0.25, 0.3) is 0 Å². The van der Waals surface area contributed by atoms with Gasteiger partial charge in [-0.15, -0.1) is 0 Å². The fourth-order valence-corrected chi connectivity index (χ4v) is 2.03. The van der Waals surface area contributed by atoms with Gasteiger partial charge >= 0.3 is 0 Å². The Labute approximate surface area is 89.5 Å². The first kappa shape index (κ1) is 11.2. The van der Waals surface area contributed by atoms with Crippen LogP contribution in [0, 0.1) is 0 Å². The van der Waals surface area contributed by atoms with Crippen molar-refractivity contribution in [3.05, 3.63) is 11.1 Å². The van der Waals surface area contributed by atoms with Crippen LogP contribution in [0.15, 0.2) is 11.1 Å². The minimum atomic E-state index is 0.231. The van der Waals surface area contributed by atoms with Crippen LogP contribution in [0.4, 0.5) is 0 Å². The van der Waals surface area contributed by atoms with Crippen LogP contribution in [0.2, 0.25) is 0 Å². The highest BCUT2D eigenvalue weighted by Gasteiger charge is 2.29. The van der Waals surface area contributed by atoms with E-state index in [2.05, 4.69) is 53.5 Å². The van der Waals surface area contributed by atoms with Gasteiger partial charge in [0.1, 0.15) is 0 Å². The zero-order chi connectivity index (χ0) is 10.1. The van der Waals surface area contributed by atoms with Crippen molar-refractivity contribution in [3.63, 3.8) is 0 Å². The van der Waals surface area contributed by atoms with Gasteiger partial charge < -0.3 is 5.32 Å². The molecule has 0 radical (unpaired) electrons. The minimum Gasteiger partial charge on any atom is -0.309 e. The molecule has 1 fully saturated rings. The van der Waals surface area contributed by atoms with E-state index in [9.17, 15) is 0 Å². The Balaban J connectivity index is 2.55. The molecule has 1 atom stereocenters. The van der Waals surface area contributed by atoms with Crippen molar-refractivity contribution >= 4 is 15.9 Å². The molecule has 1 unspecified atom stereocenters. The van der Waals surface area contributed by atoms with E-state index in [4.69, 9.17) is 0 Å². The van der Waals surface area contributed by atoms with Gasteiger partial charge in [-0.05, 0) is 20.8 Å². The number of halogens is 1. The molecule has 1 saturated heterocycles. The third kappa shape index (κ3) is 3.41. The smallest absolute Gasteiger partial charge is 0.0298 e. The number of rotatable bonds is 2. The maximum atomic E-state index is 3.89. The first-order chi connectivity index (χ1) is 5.91. The number of nitrogens with one attached hydrogen (secondary N) is 1. The van der Waals surface area contributed by atoms with Crippen molar-refractivity contribution < 1.29 is 0 Å². The van der Waals surface area contributed by atoms with Crippen molar-refractivity contribution in [1.29, 1.82) is 0 Å². The maximum Gasteiger partial charge on any atom is 0.0298 e. The Hall–Kier alpha value is 0.140. The molecule has 0 spiro atoms. The summed E-state index contributed by atoms with van der Waals surface area (Å²) in [6.45, 7) is 13.7. The molecule has 2 nitrogen and oxygen atoms in total. The number of hydrogen-bond acceptors (Lipinski definition) is 2. The highest BCUT2D eigenvalue weighted by atomic mass is 79.9. The Kier molecular flexibility index (Phi) is 3.55. The molecule has 13 heavy (non-hydrogen) atoms. The van der Waals surface area contributed by atoms with Crippen molar-refractivity contribution in [2.45, 2.75) is 32.4 Å². The molecule has 0 aromatic heterocycles. The van der Waals surface area contributed by atoms with Gasteiger partial charge in [0.15, 0.2) is 0 Å². The minimum absolute atomic E-state index is 0.231. The van der Waals surface area contributed by atoms with E-state index in [-0.39, 0.29) is 5.54 Å². The van der Waals surface area contributed by atoms with Crippen LogP contribution in [0.3, 0.4) is 0 Å². The van der Waals surface area contributed by atoms with E-state index in [1.54, 1.807) is 0 Å². The summed E-state index contributed by atoms with van der Waals surface area (Å²) in [5.41, 5.74) is 0.231. The van der Waals surface area contributed by atoms with Crippen LogP contribution in [-0.2, 0) is 0 Å². The van der Waals surface area contributed by atoms with Crippen molar-refractivity contribution in [1.82, 2.24) is 10.2 Å². The lowest BCUT2D eigenvalue weighted by molar-refractivity contribution is 0.117. The SMILES string of the molecule is C=C(Br)CN1CC(C)(C)NCC1C. The highest BCUT2D eigenvalue weighted by molar-refractivity contribution is 9.11. The van der Waals surface area contributed by atoms with Gasteiger partial charge in [0.05, 0.1) is 0 Å². The van der Waals surface area contributed by atoms with E-state index in [1.165, 1.54) is 0 Å². The molecule has 0 saturated carbocycles. The first-order valence-electron chi connectivity index (χ1n) is 4.73. The summed E-state index contributed by atoms with van der Waals surface area (Å²) >= 11 is 3.42. The lowest BCUT2D eigenvalue weighted by atomic mass is 9.99. The third-order valence-corrected chi connectivity index (χ3v) is 2.72. The second-order valence-electron chi connectivity index (χ2n) is 4.54. The molecule has 1 rings (SSSR count). The van der Waals surface area contributed by atoms with Gasteiger partial charge in [-0.2, -0.15) is 0 Å². The summed E-state index contributed by atoms with van der Waals surface area (Å²) in [6, 6.07) is 0.599. The summed E-state index contributed by atoms with van der Waals surface area (Å²) in [5.74, 6) is 0. The molecule has 1 aliphatic heterocycles. The van der Waals surface area contributed by atoms with Gasteiger partial charge in [-0.25, -0.2) is 0 Å². The molecule has 1 N–H and O–H groups in total. The molecule has 0 amide bonds. The second kappa shape index (κ2) is 4.11. The molecule has 3 heteroatoms. The van der Waals surface area contributed by atoms with Crippen molar-refractivity contribution in [2.24, 2.45) is 0 Å². The second-order valence-corrected chi connectivity index (χ2v) is 5.66. The molecule has 1 heterocycles. The van der Waals surface area contributed by atoms with Gasteiger partial charge in [-0.1, -0.05) is 22.5 Å². The average molecular weight is 247 g/mol. The lowest BCUT2D eigenvalue weighted by Gasteiger charge is -2.43. The lowest BCUT2D eigenvalue weighted by Crippen LogP contribution is -2.60. The van der Waals surface area contributed by atoms with E-state index >= 15 is 0 Å². The number of piperazine rings is 1. The Bertz CT molecular complexity index is 201. The zero-order valence-electron chi connectivity index (χ0n) is 8.73. The van der Waals surface area contributed by atoms with Gasteiger partial charge in [0.2, 0.25) is 0 Å². The van der Waals surface area contributed by atoms with Crippen LogP contribution >= 0.6 is 15.9 Å². The Morgan fingerprint density at radius 3 is 2.85 bits per heavy atom.